The first kappa shape index (κ1) is 14.7. The molecule has 0 aromatic carbocycles. The number of rotatable bonds is 8. The van der Waals surface area contributed by atoms with Crippen LogP contribution in [0.2, 0.25) is 0 Å². The minimum Gasteiger partial charge on any atom is -0.463 e. The van der Waals surface area contributed by atoms with E-state index >= 15 is 0 Å². The Kier molecular flexibility index (Phi) is 6.43. The first-order valence-electron chi connectivity index (χ1n) is 6.32. The molecule has 1 rings (SSSR count). The zero-order valence-electron chi connectivity index (χ0n) is 11.3. The predicted octanol–water partition coefficient (Wildman–Crippen LogP) is 2.05. The topological polar surface area (TPSA) is 53.4 Å². The summed E-state index contributed by atoms with van der Waals surface area (Å²) in [4.78, 5) is 15.8. The minimum atomic E-state index is -0.161. The molecule has 0 aliphatic rings. The Hall–Kier alpha value is -1.36. The van der Waals surface area contributed by atoms with Crippen LogP contribution in [0.4, 0.5) is 0 Å². The largest absolute Gasteiger partial charge is 0.463 e. The van der Waals surface area contributed by atoms with E-state index in [0.717, 1.165) is 12.8 Å². The van der Waals surface area contributed by atoms with Gasteiger partial charge in [-0.3, -0.25) is 4.79 Å². The summed E-state index contributed by atoms with van der Waals surface area (Å²) in [6.45, 7) is 4.76. The Balaban J connectivity index is 2.42. The van der Waals surface area contributed by atoms with E-state index in [4.69, 9.17) is 9.47 Å². The number of hydrogen-bond acceptors (Lipinski definition) is 4. The van der Waals surface area contributed by atoms with Gasteiger partial charge in [0.1, 0.15) is 6.61 Å². The van der Waals surface area contributed by atoms with Gasteiger partial charge in [0, 0.05) is 25.5 Å². The molecular weight excluding hydrogens is 232 g/mol. The molecule has 1 aromatic heterocycles. The maximum atomic E-state index is 11.7. The first-order chi connectivity index (χ1) is 8.69. The van der Waals surface area contributed by atoms with Gasteiger partial charge in [-0.1, -0.05) is 13.8 Å². The third kappa shape index (κ3) is 4.49. The van der Waals surface area contributed by atoms with Crippen LogP contribution in [-0.2, 0) is 14.3 Å². The molecule has 0 saturated carbocycles. The van der Waals surface area contributed by atoms with E-state index in [2.05, 4.69) is 11.9 Å². The fraction of sp³-hybridized carbons (Fsp3) is 0.692. The molecule has 0 fully saturated rings. The maximum absolute atomic E-state index is 11.7. The summed E-state index contributed by atoms with van der Waals surface area (Å²) in [5.41, 5.74) is 0. The van der Waals surface area contributed by atoms with E-state index < -0.39 is 0 Å². The van der Waals surface area contributed by atoms with E-state index in [1.807, 2.05) is 17.7 Å². The molecule has 2 atom stereocenters. The first-order valence-corrected chi connectivity index (χ1v) is 6.32. The van der Waals surface area contributed by atoms with Crippen LogP contribution in [0.3, 0.4) is 0 Å². The maximum Gasteiger partial charge on any atom is 0.308 e. The van der Waals surface area contributed by atoms with Crippen LogP contribution in [0, 0.1) is 5.92 Å². The number of hydrogen-bond donors (Lipinski definition) is 0. The van der Waals surface area contributed by atoms with Crippen molar-refractivity contribution < 1.29 is 14.3 Å². The molecule has 0 spiro atoms. The molecule has 102 valence electrons. The summed E-state index contributed by atoms with van der Waals surface area (Å²) in [6.07, 6.45) is 7.20. The van der Waals surface area contributed by atoms with Gasteiger partial charge in [0.25, 0.3) is 0 Å². The van der Waals surface area contributed by atoms with E-state index in [9.17, 15) is 4.79 Å². The third-order valence-corrected chi connectivity index (χ3v) is 2.98. The molecule has 1 aromatic rings. The third-order valence-electron chi connectivity index (χ3n) is 2.98. The van der Waals surface area contributed by atoms with Crippen molar-refractivity contribution in [2.24, 2.45) is 5.92 Å². The van der Waals surface area contributed by atoms with E-state index in [0.29, 0.717) is 13.2 Å². The number of nitrogens with zero attached hydrogens (tertiary/aromatic N) is 2. The van der Waals surface area contributed by atoms with Gasteiger partial charge in [-0.05, 0) is 12.8 Å². The molecule has 0 saturated heterocycles. The molecular formula is C13H22N2O3. The number of esters is 1. The smallest absolute Gasteiger partial charge is 0.308 e. The lowest BCUT2D eigenvalue weighted by Gasteiger charge is -2.20. The average Bonchev–Trinajstić information content (AvgIpc) is 2.89. The Morgan fingerprint density at radius 3 is 2.78 bits per heavy atom. The lowest BCUT2D eigenvalue weighted by Crippen LogP contribution is -2.21. The summed E-state index contributed by atoms with van der Waals surface area (Å²) in [6, 6.07) is 0.289. The van der Waals surface area contributed by atoms with E-state index in [1.165, 1.54) is 0 Å². The fourth-order valence-electron chi connectivity index (χ4n) is 1.86. The molecule has 1 heterocycles. The number of imidazole rings is 1. The van der Waals surface area contributed by atoms with Crippen LogP contribution in [0.25, 0.3) is 0 Å². The molecule has 0 radical (unpaired) electrons. The number of carbonyl (C=O) groups is 1. The van der Waals surface area contributed by atoms with Crippen molar-refractivity contribution in [2.45, 2.75) is 32.7 Å². The molecule has 18 heavy (non-hydrogen) atoms. The standard InChI is InChI=1S/C13H22N2O3/c1-4-12(15-6-5-14-10-15)9-11(2)13(16)18-8-7-17-3/h5-6,10-12H,4,7-9H2,1-3H3. The van der Waals surface area contributed by atoms with Gasteiger partial charge in [0.15, 0.2) is 0 Å². The highest BCUT2D eigenvalue weighted by Crippen LogP contribution is 2.21. The molecule has 0 N–H and O–H groups in total. The Morgan fingerprint density at radius 1 is 1.44 bits per heavy atom. The molecule has 2 unspecified atom stereocenters. The average molecular weight is 254 g/mol. The minimum absolute atomic E-state index is 0.116. The SMILES string of the molecule is CCC(CC(C)C(=O)OCCOC)n1ccnc1. The van der Waals surface area contributed by atoms with Crippen molar-refractivity contribution >= 4 is 5.97 Å². The number of carbonyl (C=O) groups excluding carboxylic acids is 1. The molecule has 0 amide bonds. The second kappa shape index (κ2) is 7.87. The quantitative estimate of drug-likeness (QED) is 0.526. The summed E-state index contributed by atoms with van der Waals surface area (Å²) in [5, 5.41) is 0. The fourth-order valence-corrected chi connectivity index (χ4v) is 1.86. The van der Waals surface area contributed by atoms with Gasteiger partial charge >= 0.3 is 5.97 Å². The summed E-state index contributed by atoms with van der Waals surface area (Å²) in [7, 11) is 1.59. The Labute approximate surface area is 108 Å². The molecule has 5 nitrogen and oxygen atoms in total. The lowest BCUT2D eigenvalue weighted by molar-refractivity contribution is -0.149. The van der Waals surface area contributed by atoms with Crippen LogP contribution in [-0.4, -0.2) is 35.8 Å². The van der Waals surface area contributed by atoms with Crippen molar-refractivity contribution in [3.8, 4) is 0 Å². The van der Waals surface area contributed by atoms with Gasteiger partial charge in [0.05, 0.1) is 18.9 Å². The second-order valence-corrected chi connectivity index (χ2v) is 4.37. The van der Waals surface area contributed by atoms with Gasteiger partial charge < -0.3 is 14.0 Å². The lowest BCUT2D eigenvalue weighted by atomic mass is 10.00. The highest BCUT2D eigenvalue weighted by molar-refractivity contribution is 5.71. The molecule has 0 aliphatic heterocycles. The monoisotopic (exact) mass is 254 g/mol. The molecule has 0 bridgehead atoms. The highest BCUT2D eigenvalue weighted by Gasteiger charge is 2.19. The van der Waals surface area contributed by atoms with Crippen molar-refractivity contribution in [3.05, 3.63) is 18.7 Å². The van der Waals surface area contributed by atoms with E-state index in [1.54, 1.807) is 19.6 Å². The molecule has 0 aliphatic carbocycles. The van der Waals surface area contributed by atoms with Gasteiger partial charge in [0.2, 0.25) is 0 Å². The zero-order chi connectivity index (χ0) is 13.4. The Bertz CT molecular complexity index is 338. The molecule has 5 heteroatoms. The van der Waals surface area contributed by atoms with Crippen LogP contribution in [0.15, 0.2) is 18.7 Å². The Morgan fingerprint density at radius 2 is 2.22 bits per heavy atom. The van der Waals surface area contributed by atoms with Crippen molar-refractivity contribution in [1.82, 2.24) is 9.55 Å². The van der Waals surface area contributed by atoms with Gasteiger partial charge in [-0.2, -0.15) is 0 Å². The highest BCUT2D eigenvalue weighted by atomic mass is 16.6. The summed E-state index contributed by atoms with van der Waals surface area (Å²) < 4.78 is 12.0. The van der Waals surface area contributed by atoms with Crippen molar-refractivity contribution in [3.63, 3.8) is 0 Å². The normalized spacial score (nSPS) is 14.2. The predicted molar refractivity (Wildman–Crippen MR) is 68.2 cm³/mol. The van der Waals surface area contributed by atoms with Crippen LogP contribution < -0.4 is 0 Å². The summed E-state index contributed by atoms with van der Waals surface area (Å²) >= 11 is 0. The number of ether oxygens (including phenoxy) is 2. The summed E-state index contributed by atoms with van der Waals surface area (Å²) in [5.74, 6) is -0.278. The van der Waals surface area contributed by atoms with Gasteiger partial charge in [-0.15, -0.1) is 0 Å². The second-order valence-electron chi connectivity index (χ2n) is 4.37. The van der Waals surface area contributed by atoms with Crippen LogP contribution >= 0.6 is 0 Å². The van der Waals surface area contributed by atoms with Crippen LogP contribution in [0.1, 0.15) is 32.7 Å². The van der Waals surface area contributed by atoms with Gasteiger partial charge in [-0.25, -0.2) is 4.98 Å². The van der Waals surface area contributed by atoms with Crippen LogP contribution in [0.5, 0.6) is 0 Å². The number of aromatic nitrogens is 2. The zero-order valence-corrected chi connectivity index (χ0v) is 11.3. The number of methoxy groups -OCH3 is 1. The van der Waals surface area contributed by atoms with Crippen molar-refractivity contribution in [1.29, 1.82) is 0 Å². The van der Waals surface area contributed by atoms with E-state index in [-0.39, 0.29) is 17.9 Å². The van der Waals surface area contributed by atoms with Crippen molar-refractivity contribution in [2.75, 3.05) is 20.3 Å².